The van der Waals surface area contributed by atoms with Crippen molar-refractivity contribution in [2.45, 2.75) is 24.6 Å². The lowest BCUT2D eigenvalue weighted by atomic mass is 10.2. The molecule has 0 unspecified atom stereocenters. The second kappa shape index (κ2) is 4.43. The van der Waals surface area contributed by atoms with Gasteiger partial charge in [-0.3, -0.25) is 0 Å². The Morgan fingerprint density at radius 1 is 1.42 bits per heavy atom. The fourth-order valence-electron chi connectivity index (χ4n) is 1.21. The van der Waals surface area contributed by atoms with Crippen LogP contribution >= 0.6 is 11.8 Å². The van der Waals surface area contributed by atoms with E-state index in [2.05, 4.69) is 0 Å². The second-order valence-electron chi connectivity index (χ2n) is 2.72. The summed E-state index contributed by atoms with van der Waals surface area (Å²) in [6.07, 6.45) is -0.838. The molecule has 0 saturated carbocycles. The van der Waals surface area contributed by atoms with Crippen LogP contribution in [0.25, 0.3) is 0 Å². The van der Waals surface area contributed by atoms with Crippen LogP contribution in [-0.2, 0) is 9.47 Å². The Bertz CT molecular complexity index is 143. The number of hydrogen-bond acceptors (Lipinski definition) is 5. The number of ether oxygens (including phenoxy) is 2. The van der Waals surface area contributed by atoms with Crippen molar-refractivity contribution in [3.63, 3.8) is 0 Å². The van der Waals surface area contributed by atoms with Gasteiger partial charge in [-0.05, 0) is 6.26 Å². The highest BCUT2D eigenvalue weighted by molar-refractivity contribution is 7.98. The smallest absolute Gasteiger partial charge is 0.186 e. The third-order valence-corrected chi connectivity index (χ3v) is 2.54. The van der Waals surface area contributed by atoms with Gasteiger partial charge in [0.2, 0.25) is 0 Å². The number of aliphatic hydroxyl groups is 2. The SMILES string of the molecule is CO[C@H]1O[C@H](CSC)[C@@H](O)[C@H]1O. The van der Waals surface area contributed by atoms with Gasteiger partial charge in [-0.1, -0.05) is 0 Å². The summed E-state index contributed by atoms with van der Waals surface area (Å²) in [4.78, 5) is 0. The van der Waals surface area contributed by atoms with Crippen LogP contribution in [0.15, 0.2) is 0 Å². The van der Waals surface area contributed by atoms with Crippen molar-refractivity contribution in [1.29, 1.82) is 0 Å². The maximum atomic E-state index is 9.42. The van der Waals surface area contributed by atoms with Crippen molar-refractivity contribution in [1.82, 2.24) is 0 Å². The number of rotatable bonds is 3. The molecule has 0 aliphatic carbocycles. The van der Waals surface area contributed by atoms with Gasteiger partial charge in [-0.2, -0.15) is 11.8 Å². The normalized spacial score (nSPS) is 42.0. The van der Waals surface area contributed by atoms with Crippen molar-refractivity contribution in [3.05, 3.63) is 0 Å². The Labute approximate surface area is 75.9 Å². The van der Waals surface area contributed by atoms with Crippen molar-refractivity contribution in [3.8, 4) is 0 Å². The molecule has 1 rings (SSSR count). The molecule has 0 aromatic carbocycles. The molecular weight excluding hydrogens is 180 g/mol. The van der Waals surface area contributed by atoms with Gasteiger partial charge in [0, 0.05) is 12.9 Å². The van der Waals surface area contributed by atoms with E-state index in [1.807, 2.05) is 6.26 Å². The Morgan fingerprint density at radius 3 is 2.50 bits per heavy atom. The zero-order valence-electron chi connectivity index (χ0n) is 7.14. The van der Waals surface area contributed by atoms with Gasteiger partial charge in [0.1, 0.15) is 12.2 Å². The zero-order chi connectivity index (χ0) is 9.14. The lowest BCUT2D eigenvalue weighted by Crippen LogP contribution is -2.33. The number of hydrogen-bond donors (Lipinski definition) is 2. The first-order valence-corrected chi connectivity index (χ1v) is 5.13. The minimum atomic E-state index is -0.924. The summed E-state index contributed by atoms with van der Waals surface area (Å²) < 4.78 is 10.1. The van der Waals surface area contributed by atoms with Gasteiger partial charge in [-0.15, -0.1) is 0 Å². The average Bonchev–Trinajstić information content (AvgIpc) is 2.33. The summed E-state index contributed by atoms with van der Waals surface area (Å²) >= 11 is 1.57. The lowest BCUT2D eigenvalue weighted by Gasteiger charge is -2.11. The molecule has 1 saturated heterocycles. The van der Waals surface area contributed by atoms with E-state index in [4.69, 9.17) is 9.47 Å². The van der Waals surface area contributed by atoms with Crippen LogP contribution in [0.3, 0.4) is 0 Å². The van der Waals surface area contributed by atoms with E-state index in [1.54, 1.807) is 11.8 Å². The maximum absolute atomic E-state index is 9.42. The van der Waals surface area contributed by atoms with Gasteiger partial charge >= 0.3 is 0 Å². The highest BCUT2D eigenvalue weighted by Gasteiger charge is 2.42. The first kappa shape index (κ1) is 10.3. The fraction of sp³-hybridized carbons (Fsp3) is 1.00. The molecule has 0 bridgehead atoms. The molecule has 1 fully saturated rings. The monoisotopic (exact) mass is 194 g/mol. The van der Waals surface area contributed by atoms with E-state index >= 15 is 0 Å². The zero-order valence-corrected chi connectivity index (χ0v) is 7.95. The van der Waals surface area contributed by atoms with Gasteiger partial charge in [-0.25, -0.2) is 0 Å². The van der Waals surface area contributed by atoms with Crippen molar-refractivity contribution < 1.29 is 19.7 Å². The molecule has 1 heterocycles. The summed E-state index contributed by atoms with van der Waals surface area (Å²) in [5.41, 5.74) is 0. The van der Waals surface area contributed by atoms with Gasteiger partial charge in [0.05, 0.1) is 6.10 Å². The Balaban J connectivity index is 2.48. The summed E-state index contributed by atoms with van der Waals surface area (Å²) in [5.74, 6) is 0.665. The third-order valence-electron chi connectivity index (χ3n) is 1.88. The molecule has 1 aliphatic rings. The molecule has 2 N–H and O–H groups in total. The number of thioether (sulfide) groups is 1. The van der Waals surface area contributed by atoms with Crippen LogP contribution in [-0.4, -0.2) is 53.9 Å². The molecule has 72 valence electrons. The van der Waals surface area contributed by atoms with Crippen LogP contribution in [0.4, 0.5) is 0 Å². The fourth-order valence-corrected chi connectivity index (χ4v) is 1.82. The molecular formula is C7H14O4S. The molecule has 1 aliphatic heterocycles. The van der Waals surface area contributed by atoms with Crippen LogP contribution in [0, 0.1) is 0 Å². The van der Waals surface area contributed by atoms with Gasteiger partial charge < -0.3 is 19.7 Å². The second-order valence-corrected chi connectivity index (χ2v) is 3.63. The largest absolute Gasteiger partial charge is 0.387 e. The molecule has 0 amide bonds. The molecule has 12 heavy (non-hydrogen) atoms. The standard InChI is InChI=1S/C7H14O4S/c1-10-7-6(9)5(8)4(11-7)3-12-2/h4-9H,3H2,1-2H3/t4-,5-,6-,7+/m1/s1. The lowest BCUT2D eigenvalue weighted by molar-refractivity contribution is -0.145. The summed E-state index contributed by atoms with van der Waals surface area (Å²) in [5, 5.41) is 18.8. The van der Waals surface area contributed by atoms with E-state index < -0.39 is 18.5 Å². The topological polar surface area (TPSA) is 58.9 Å². The predicted octanol–water partition coefficient (Wildman–Crippen LogP) is -0.557. The number of methoxy groups -OCH3 is 1. The third kappa shape index (κ3) is 1.92. The minimum Gasteiger partial charge on any atom is -0.387 e. The molecule has 0 aromatic heterocycles. The van der Waals surface area contributed by atoms with E-state index in [9.17, 15) is 10.2 Å². The summed E-state index contributed by atoms with van der Waals surface area (Å²) in [6, 6.07) is 0. The van der Waals surface area contributed by atoms with E-state index in [-0.39, 0.29) is 6.10 Å². The van der Waals surface area contributed by atoms with Crippen molar-refractivity contribution >= 4 is 11.8 Å². The van der Waals surface area contributed by atoms with E-state index in [1.165, 1.54) is 7.11 Å². The Kier molecular flexibility index (Phi) is 3.79. The summed E-state index contributed by atoms with van der Waals surface area (Å²) in [6.45, 7) is 0. The first-order valence-electron chi connectivity index (χ1n) is 3.74. The van der Waals surface area contributed by atoms with E-state index in [0.717, 1.165) is 0 Å². The van der Waals surface area contributed by atoms with Crippen LogP contribution in [0.1, 0.15) is 0 Å². The molecule has 4 nitrogen and oxygen atoms in total. The average molecular weight is 194 g/mol. The molecule has 5 heteroatoms. The van der Waals surface area contributed by atoms with Crippen molar-refractivity contribution in [2.75, 3.05) is 19.1 Å². The highest BCUT2D eigenvalue weighted by Crippen LogP contribution is 2.23. The molecule has 0 radical (unpaired) electrons. The minimum absolute atomic E-state index is 0.319. The van der Waals surface area contributed by atoms with Gasteiger partial charge in [0.25, 0.3) is 0 Å². The molecule has 0 spiro atoms. The molecule has 4 atom stereocenters. The van der Waals surface area contributed by atoms with Crippen molar-refractivity contribution in [2.24, 2.45) is 0 Å². The predicted molar refractivity (Wildman–Crippen MR) is 46.1 cm³/mol. The number of aliphatic hydroxyl groups excluding tert-OH is 2. The Morgan fingerprint density at radius 2 is 2.08 bits per heavy atom. The quantitative estimate of drug-likeness (QED) is 0.631. The highest BCUT2D eigenvalue weighted by atomic mass is 32.2. The maximum Gasteiger partial charge on any atom is 0.186 e. The summed E-state index contributed by atoms with van der Waals surface area (Å²) in [7, 11) is 1.45. The van der Waals surface area contributed by atoms with E-state index in [0.29, 0.717) is 5.75 Å². The van der Waals surface area contributed by atoms with Crippen LogP contribution in [0.2, 0.25) is 0 Å². The van der Waals surface area contributed by atoms with Crippen LogP contribution in [0.5, 0.6) is 0 Å². The van der Waals surface area contributed by atoms with Crippen LogP contribution < -0.4 is 0 Å². The molecule has 0 aromatic rings. The first-order chi connectivity index (χ1) is 5.70. The Hall–Kier alpha value is 0.190. The van der Waals surface area contributed by atoms with Gasteiger partial charge in [0.15, 0.2) is 6.29 Å².